The van der Waals surface area contributed by atoms with Crippen molar-refractivity contribution in [2.45, 2.75) is 31.8 Å². The fourth-order valence-corrected chi connectivity index (χ4v) is 4.50. The number of hydrogen-bond donors (Lipinski definition) is 1. The topological polar surface area (TPSA) is 73.0 Å². The van der Waals surface area contributed by atoms with Gasteiger partial charge >= 0.3 is 6.03 Å². The summed E-state index contributed by atoms with van der Waals surface area (Å²) in [6, 6.07) is 11.7. The third-order valence-corrected chi connectivity index (χ3v) is 6.75. The third kappa shape index (κ3) is 4.65. The Hall–Kier alpha value is -3.33. The Bertz CT molecular complexity index is 1020. The van der Waals surface area contributed by atoms with Crippen molar-refractivity contribution in [1.82, 2.24) is 20.0 Å². The van der Waals surface area contributed by atoms with Crippen molar-refractivity contribution < 1.29 is 23.2 Å². The normalized spacial score (nSPS) is 21.3. The van der Waals surface area contributed by atoms with Gasteiger partial charge in [0.2, 0.25) is 5.91 Å². The van der Waals surface area contributed by atoms with Gasteiger partial charge in [-0.05, 0) is 48.7 Å². The summed E-state index contributed by atoms with van der Waals surface area (Å²) in [5.74, 6) is -1.35. The smallest absolute Gasteiger partial charge is 0.325 e. The monoisotopic (exact) mass is 470 g/mol. The first-order valence-corrected chi connectivity index (χ1v) is 11.4. The lowest BCUT2D eigenvalue weighted by atomic mass is 9.96. The molecular weight excluding hydrogens is 442 g/mol. The van der Waals surface area contributed by atoms with Crippen molar-refractivity contribution in [2.75, 3.05) is 32.7 Å². The molecule has 0 saturated carbocycles. The number of urea groups is 1. The Labute approximate surface area is 197 Å². The first-order chi connectivity index (χ1) is 16.2. The number of nitrogens with one attached hydrogen (secondary N) is 1. The first-order valence-electron chi connectivity index (χ1n) is 11.4. The van der Waals surface area contributed by atoms with Crippen LogP contribution in [0.25, 0.3) is 0 Å². The van der Waals surface area contributed by atoms with Crippen LogP contribution in [-0.4, -0.2) is 70.8 Å². The van der Waals surface area contributed by atoms with Crippen molar-refractivity contribution in [3.05, 3.63) is 71.3 Å². The van der Waals surface area contributed by atoms with Gasteiger partial charge in [0.25, 0.3) is 5.91 Å². The van der Waals surface area contributed by atoms with Crippen LogP contribution in [0.2, 0.25) is 0 Å². The number of amides is 4. The van der Waals surface area contributed by atoms with E-state index in [0.29, 0.717) is 32.6 Å². The molecule has 0 spiro atoms. The zero-order chi connectivity index (χ0) is 24.5. The van der Waals surface area contributed by atoms with Gasteiger partial charge < -0.3 is 10.2 Å². The van der Waals surface area contributed by atoms with Crippen molar-refractivity contribution >= 4 is 17.8 Å². The van der Waals surface area contributed by atoms with Gasteiger partial charge in [0.15, 0.2) is 0 Å². The second-order valence-corrected chi connectivity index (χ2v) is 8.93. The molecular formula is C25H28F2N4O3. The molecule has 4 rings (SSSR count). The Morgan fingerprint density at radius 1 is 0.941 bits per heavy atom. The van der Waals surface area contributed by atoms with Crippen LogP contribution in [0.5, 0.6) is 0 Å². The lowest BCUT2D eigenvalue weighted by Gasteiger charge is -2.40. The van der Waals surface area contributed by atoms with Gasteiger partial charge in [-0.2, -0.15) is 0 Å². The standard InChI is InChI=1S/C25H28F2N4O3/c1-3-25(2)23(33)31(24(34)28-25)16-21(32)29-12-14-30(15-13-29)22(17-4-8-19(26)9-5-17)18-6-10-20(27)11-7-18/h4-11,22H,3,12-16H2,1-2H3,(H,28,34). The minimum atomic E-state index is -0.979. The molecule has 9 heteroatoms. The van der Waals surface area contributed by atoms with E-state index >= 15 is 0 Å². The lowest BCUT2D eigenvalue weighted by Crippen LogP contribution is -2.52. The van der Waals surface area contributed by atoms with E-state index in [4.69, 9.17) is 0 Å². The Morgan fingerprint density at radius 3 is 1.88 bits per heavy atom. The van der Waals surface area contributed by atoms with Crippen molar-refractivity contribution in [3.63, 3.8) is 0 Å². The van der Waals surface area contributed by atoms with Gasteiger partial charge in [0, 0.05) is 26.2 Å². The van der Waals surface area contributed by atoms with Crippen LogP contribution in [0, 0.1) is 11.6 Å². The molecule has 2 aromatic rings. The number of carbonyl (C=O) groups excluding carboxylic acids is 3. The zero-order valence-corrected chi connectivity index (χ0v) is 19.3. The molecule has 2 aromatic carbocycles. The molecule has 0 aromatic heterocycles. The zero-order valence-electron chi connectivity index (χ0n) is 19.3. The maximum Gasteiger partial charge on any atom is 0.325 e. The molecule has 1 N–H and O–H groups in total. The van der Waals surface area contributed by atoms with Crippen LogP contribution in [0.15, 0.2) is 48.5 Å². The molecule has 7 nitrogen and oxygen atoms in total. The van der Waals surface area contributed by atoms with Gasteiger partial charge in [-0.1, -0.05) is 31.2 Å². The highest BCUT2D eigenvalue weighted by atomic mass is 19.1. The fourth-order valence-electron chi connectivity index (χ4n) is 4.50. The molecule has 2 aliphatic heterocycles. The van der Waals surface area contributed by atoms with Crippen LogP contribution in [-0.2, 0) is 9.59 Å². The second-order valence-electron chi connectivity index (χ2n) is 8.93. The summed E-state index contributed by atoms with van der Waals surface area (Å²) < 4.78 is 27.0. The van der Waals surface area contributed by atoms with Gasteiger partial charge in [0.05, 0.1) is 6.04 Å². The minimum absolute atomic E-state index is 0.227. The summed E-state index contributed by atoms with van der Waals surface area (Å²) in [5, 5.41) is 2.66. The van der Waals surface area contributed by atoms with E-state index in [9.17, 15) is 23.2 Å². The third-order valence-electron chi connectivity index (χ3n) is 6.75. The summed E-state index contributed by atoms with van der Waals surface area (Å²) in [4.78, 5) is 42.5. The van der Waals surface area contributed by atoms with E-state index in [1.54, 1.807) is 43.0 Å². The van der Waals surface area contributed by atoms with Crippen LogP contribution in [0.3, 0.4) is 0 Å². The van der Waals surface area contributed by atoms with Gasteiger partial charge in [-0.25, -0.2) is 13.6 Å². The molecule has 180 valence electrons. The predicted molar refractivity (Wildman–Crippen MR) is 122 cm³/mol. The predicted octanol–water partition coefficient (Wildman–Crippen LogP) is 2.92. The Kier molecular flexibility index (Phi) is 6.65. The molecule has 0 aliphatic carbocycles. The molecule has 2 aliphatic rings. The number of carbonyl (C=O) groups is 3. The van der Waals surface area contributed by atoms with Crippen LogP contribution in [0.4, 0.5) is 13.6 Å². The maximum absolute atomic E-state index is 13.5. The van der Waals surface area contributed by atoms with E-state index in [-0.39, 0.29) is 36.0 Å². The highest BCUT2D eigenvalue weighted by Gasteiger charge is 2.47. The fraction of sp³-hybridized carbons (Fsp3) is 0.400. The molecule has 0 bridgehead atoms. The summed E-state index contributed by atoms with van der Waals surface area (Å²) in [7, 11) is 0. The molecule has 2 heterocycles. The number of rotatable bonds is 6. The lowest BCUT2D eigenvalue weighted by molar-refractivity contribution is -0.139. The highest BCUT2D eigenvalue weighted by Crippen LogP contribution is 2.30. The molecule has 34 heavy (non-hydrogen) atoms. The summed E-state index contributed by atoms with van der Waals surface area (Å²) in [5.41, 5.74) is 0.755. The minimum Gasteiger partial charge on any atom is -0.339 e. The first kappa shape index (κ1) is 23.8. The van der Waals surface area contributed by atoms with E-state index in [0.717, 1.165) is 16.0 Å². The highest BCUT2D eigenvalue weighted by molar-refractivity contribution is 6.08. The number of nitrogens with zero attached hydrogens (tertiary/aromatic N) is 3. The molecule has 0 radical (unpaired) electrons. The molecule has 1 atom stereocenters. The molecule has 1 unspecified atom stereocenters. The van der Waals surface area contributed by atoms with Gasteiger partial charge in [0.1, 0.15) is 23.7 Å². The number of hydrogen-bond acceptors (Lipinski definition) is 4. The number of halogens is 2. The SMILES string of the molecule is CCC1(C)NC(=O)N(CC(=O)N2CCN(C(c3ccc(F)cc3)c3ccc(F)cc3)CC2)C1=O. The summed E-state index contributed by atoms with van der Waals surface area (Å²) in [6.45, 7) is 5.04. The maximum atomic E-state index is 13.5. The van der Waals surface area contributed by atoms with E-state index < -0.39 is 11.6 Å². The van der Waals surface area contributed by atoms with Crippen LogP contribution in [0.1, 0.15) is 37.4 Å². The molecule has 4 amide bonds. The number of imide groups is 1. The molecule has 2 saturated heterocycles. The van der Waals surface area contributed by atoms with E-state index in [1.165, 1.54) is 24.3 Å². The molecule has 2 fully saturated rings. The van der Waals surface area contributed by atoms with E-state index in [2.05, 4.69) is 10.2 Å². The second kappa shape index (κ2) is 9.50. The average molecular weight is 471 g/mol. The van der Waals surface area contributed by atoms with Crippen LogP contribution < -0.4 is 5.32 Å². The van der Waals surface area contributed by atoms with Gasteiger partial charge in [-0.15, -0.1) is 0 Å². The number of benzene rings is 2. The van der Waals surface area contributed by atoms with Crippen LogP contribution >= 0.6 is 0 Å². The van der Waals surface area contributed by atoms with E-state index in [1.807, 2.05) is 0 Å². The number of piperazine rings is 1. The average Bonchev–Trinajstić information content (AvgIpc) is 3.05. The Balaban J connectivity index is 1.45. The van der Waals surface area contributed by atoms with Crippen molar-refractivity contribution in [1.29, 1.82) is 0 Å². The van der Waals surface area contributed by atoms with Gasteiger partial charge in [-0.3, -0.25) is 19.4 Å². The summed E-state index contributed by atoms with van der Waals surface area (Å²) >= 11 is 0. The van der Waals surface area contributed by atoms with Crippen molar-refractivity contribution in [2.24, 2.45) is 0 Å². The summed E-state index contributed by atoms with van der Waals surface area (Å²) in [6.07, 6.45) is 0.440. The van der Waals surface area contributed by atoms with Crippen molar-refractivity contribution in [3.8, 4) is 0 Å². The largest absolute Gasteiger partial charge is 0.339 e. The quantitative estimate of drug-likeness (QED) is 0.659. The Morgan fingerprint density at radius 2 is 1.44 bits per heavy atom.